The maximum atomic E-state index is 12.3. The molecule has 0 aromatic carbocycles. The van der Waals surface area contributed by atoms with E-state index in [2.05, 4.69) is 0 Å². The van der Waals surface area contributed by atoms with Gasteiger partial charge >= 0.3 is 0 Å². The van der Waals surface area contributed by atoms with Gasteiger partial charge in [-0.05, 0) is 13.8 Å². The zero-order chi connectivity index (χ0) is 7.00. The van der Waals surface area contributed by atoms with Crippen LogP contribution in [0.3, 0.4) is 0 Å². The molecule has 4 heteroatoms. The average Bonchev–Trinajstić information content (AvgIpc) is 1.25. The van der Waals surface area contributed by atoms with Gasteiger partial charge < -0.3 is 0 Å². The molecule has 0 rings (SSSR count). The molecule has 0 radical (unpaired) electrons. The highest BCUT2D eigenvalue weighted by Gasteiger charge is 2.40. The third-order valence-electron chi connectivity index (χ3n) is 0.674. The average molecular weight is 179 g/mol. The summed E-state index contributed by atoms with van der Waals surface area (Å²) in [7, 11) is 0. The van der Waals surface area contributed by atoms with Crippen molar-refractivity contribution in [3.63, 3.8) is 0 Å². The van der Waals surface area contributed by atoms with E-state index in [1.807, 2.05) is 0 Å². The second-order valence-electron chi connectivity index (χ2n) is 1.97. The SMILES string of the molecule is CC(C)(Cl)C(F)(Cl)Cl. The molecular formula is C4H6Cl3F. The van der Waals surface area contributed by atoms with Crippen LogP contribution in [-0.2, 0) is 0 Å². The molecule has 0 aliphatic rings. The minimum absolute atomic E-state index is 1.23. The molecule has 0 nitrogen and oxygen atoms in total. The van der Waals surface area contributed by atoms with Gasteiger partial charge in [0, 0.05) is 0 Å². The second-order valence-corrected chi connectivity index (χ2v) is 4.15. The monoisotopic (exact) mass is 178 g/mol. The molecule has 0 bridgehead atoms. The Bertz CT molecular complexity index is 66.3. The van der Waals surface area contributed by atoms with Gasteiger partial charge in [-0.3, -0.25) is 0 Å². The van der Waals surface area contributed by atoms with Gasteiger partial charge in [-0.25, -0.2) is 4.39 Å². The number of halogens is 4. The molecule has 0 saturated carbocycles. The fraction of sp³-hybridized carbons (Fsp3) is 1.00. The maximum Gasteiger partial charge on any atom is 0.275 e. The van der Waals surface area contributed by atoms with Crippen LogP contribution < -0.4 is 0 Å². The predicted octanol–water partition coefficient (Wildman–Crippen LogP) is 3.10. The Morgan fingerprint density at radius 1 is 1.12 bits per heavy atom. The van der Waals surface area contributed by atoms with Crippen LogP contribution in [0, 0.1) is 0 Å². The Labute approximate surface area is 62.9 Å². The minimum atomic E-state index is -2.35. The number of rotatable bonds is 1. The predicted molar refractivity (Wildman–Crippen MR) is 35.5 cm³/mol. The van der Waals surface area contributed by atoms with Gasteiger partial charge in [0.05, 0.1) is 0 Å². The lowest BCUT2D eigenvalue weighted by atomic mass is 10.2. The van der Waals surface area contributed by atoms with Crippen LogP contribution in [0.25, 0.3) is 0 Å². The van der Waals surface area contributed by atoms with Crippen LogP contribution in [0.15, 0.2) is 0 Å². The molecule has 0 atom stereocenters. The number of alkyl halides is 4. The topological polar surface area (TPSA) is 0 Å². The van der Waals surface area contributed by atoms with E-state index in [1.165, 1.54) is 13.8 Å². The molecule has 0 aromatic heterocycles. The normalized spacial score (nSPS) is 14.2. The van der Waals surface area contributed by atoms with E-state index in [1.54, 1.807) is 0 Å². The van der Waals surface area contributed by atoms with Crippen LogP contribution in [-0.4, -0.2) is 9.46 Å². The summed E-state index contributed by atoms with van der Waals surface area (Å²) < 4.78 is 9.94. The summed E-state index contributed by atoms with van der Waals surface area (Å²) in [4.78, 5) is -1.23. The van der Waals surface area contributed by atoms with Gasteiger partial charge in [-0.1, -0.05) is 23.2 Å². The molecule has 0 unspecified atom stereocenters. The molecule has 0 fully saturated rings. The molecule has 50 valence electrons. The van der Waals surface area contributed by atoms with Gasteiger partial charge in [0.2, 0.25) is 0 Å². The molecule has 8 heavy (non-hydrogen) atoms. The zero-order valence-corrected chi connectivity index (χ0v) is 6.78. The number of hydrogen-bond acceptors (Lipinski definition) is 0. The van der Waals surface area contributed by atoms with E-state index in [0.717, 1.165) is 0 Å². The Balaban J connectivity index is 4.02. The lowest BCUT2D eigenvalue weighted by molar-refractivity contribution is 0.326. The molecular weight excluding hydrogens is 173 g/mol. The summed E-state index contributed by atoms with van der Waals surface area (Å²) in [6.45, 7) is 2.79. The highest BCUT2D eigenvalue weighted by Crippen LogP contribution is 2.39. The van der Waals surface area contributed by atoms with Crippen LogP contribution in [0.1, 0.15) is 13.8 Å². The van der Waals surface area contributed by atoms with Crippen molar-refractivity contribution in [2.75, 3.05) is 0 Å². The first-order valence-electron chi connectivity index (χ1n) is 2.01. The van der Waals surface area contributed by atoms with Gasteiger partial charge in [0.1, 0.15) is 4.87 Å². The number of hydrogen-bond donors (Lipinski definition) is 0. The molecule has 0 aliphatic carbocycles. The lowest BCUT2D eigenvalue weighted by Crippen LogP contribution is -2.30. The highest BCUT2D eigenvalue weighted by atomic mass is 35.5. The summed E-state index contributed by atoms with van der Waals surface area (Å²) in [6.07, 6.45) is 0. The maximum absolute atomic E-state index is 12.3. The van der Waals surface area contributed by atoms with Crippen molar-refractivity contribution in [1.82, 2.24) is 0 Å². The molecule has 0 aliphatic heterocycles. The van der Waals surface area contributed by atoms with E-state index in [0.29, 0.717) is 0 Å². The summed E-state index contributed by atoms with van der Waals surface area (Å²) in [5.41, 5.74) is 0. The Morgan fingerprint density at radius 3 is 1.25 bits per heavy atom. The van der Waals surface area contributed by atoms with Crippen molar-refractivity contribution in [1.29, 1.82) is 0 Å². The van der Waals surface area contributed by atoms with Crippen molar-refractivity contribution in [2.45, 2.75) is 23.3 Å². The standard InChI is InChI=1S/C4H6Cl3F/c1-3(2,5)4(6,7)8/h1-2H3. The molecule has 0 aromatic rings. The fourth-order valence-electron chi connectivity index (χ4n) is 0. The van der Waals surface area contributed by atoms with Crippen LogP contribution in [0.2, 0.25) is 0 Å². The first-order valence-corrected chi connectivity index (χ1v) is 3.14. The van der Waals surface area contributed by atoms with Gasteiger partial charge in [0.25, 0.3) is 4.59 Å². The summed E-state index contributed by atoms with van der Waals surface area (Å²) in [5, 5.41) is 0. The van der Waals surface area contributed by atoms with Crippen molar-refractivity contribution in [3.8, 4) is 0 Å². The highest BCUT2D eigenvalue weighted by molar-refractivity contribution is 6.52. The Kier molecular flexibility index (Phi) is 2.42. The second kappa shape index (κ2) is 2.20. The smallest absolute Gasteiger partial charge is 0.206 e. The van der Waals surface area contributed by atoms with Gasteiger partial charge in [-0.15, -0.1) is 11.6 Å². The van der Waals surface area contributed by atoms with E-state index >= 15 is 0 Å². The molecule has 0 saturated heterocycles. The summed E-state index contributed by atoms with van der Waals surface area (Å²) in [5.74, 6) is 0. The Morgan fingerprint density at radius 2 is 1.25 bits per heavy atom. The zero-order valence-electron chi connectivity index (χ0n) is 4.51. The fourth-order valence-corrected chi connectivity index (χ4v) is 0. The van der Waals surface area contributed by atoms with Gasteiger partial charge in [-0.2, -0.15) is 0 Å². The van der Waals surface area contributed by atoms with E-state index in [4.69, 9.17) is 34.8 Å². The van der Waals surface area contributed by atoms with Crippen LogP contribution in [0.5, 0.6) is 0 Å². The van der Waals surface area contributed by atoms with Crippen molar-refractivity contribution < 1.29 is 4.39 Å². The Hall–Kier alpha value is 0.800. The molecule has 0 amide bonds. The molecule has 0 N–H and O–H groups in total. The molecule has 0 spiro atoms. The minimum Gasteiger partial charge on any atom is -0.206 e. The summed E-state index contributed by atoms with van der Waals surface area (Å²) in [6, 6.07) is 0. The van der Waals surface area contributed by atoms with Crippen molar-refractivity contribution in [2.24, 2.45) is 0 Å². The van der Waals surface area contributed by atoms with E-state index < -0.39 is 9.46 Å². The van der Waals surface area contributed by atoms with Crippen LogP contribution in [0.4, 0.5) is 4.39 Å². The van der Waals surface area contributed by atoms with Crippen LogP contribution >= 0.6 is 34.8 Å². The summed E-state index contributed by atoms with van der Waals surface area (Å²) >= 11 is 15.3. The van der Waals surface area contributed by atoms with Gasteiger partial charge in [0.15, 0.2) is 0 Å². The third-order valence-corrected chi connectivity index (χ3v) is 2.07. The van der Waals surface area contributed by atoms with Crippen molar-refractivity contribution >= 4 is 34.8 Å². The largest absolute Gasteiger partial charge is 0.275 e. The first kappa shape index (κ1) is 8.80. The molecule has 0 heterocycles. The lowest BCUT2D eigenvalue weighted by Gasteiger charge is -2.22. The third kappa shape index (κ3) is 2.38. The van der Waals surface area contributed by atoms with E-state index in [-0.39, 0.29) is 0 Å². The van der Waals surface area contributed by atoms with Crippen molar-refractivity contribution in [3.05, 3.63) is 0 Å². The van der Waals surface area contributed by atoms with E-state index in [9.17, 15) is 4.39 Å². The quantitative estimate of drug-likeness (QED) is 0.543. The first-order chi connectivity index (χ1) is 3.25.